The Labute approximate surface area is 174 Å². The van der Waals surface area contributed by atoms with Gasteiger partial charge in [0.15, 0.2) is 0 Å². The van der Waals surface area contributed by atoms with Crippen molar-refractivity contribution < 1.29 is 4.79 Å². The number of thiazole rings is 1. The summed E-state index contributed by atoms with van der Waals surface area (Å²) in [6.45, 7) is 6.54. The first-order valence-corrected chi connectivity index (χ1v) is 11.4. The Bertz CT molecular complexity index is 923. The number of nitrogens with one attached hydrogen (secondary N) is 1. The summed E-state index contributed by atoms with van der Waals surface area (Å²) in [6, 6.07) is 12.3. The molecule has 6 heteroatoms. The van der Waals surface area contributed by atoms with Gasteiger partial charge in [-0.25, -0.2) is 4.98 Å². The minimum absolute atomic E-state index is 0.000929. The zero-order valence-electron chi connectivity index (χ0n) is 16.3. The van der Waals surface area contributed by atoms with Gasteiger partial charge in [-0.1, -0.05) is 13.0 Å². The molecule has 28 heavy (non-hydrogen) atoms. The standard InChI is InChI=1S/C22H25N3OS2/c1-15-9-11-25(12-10-15)18-7-5-17(6-8-18)24-21(26)14-20-22(23-16(2)28-20)19-4-3-13-27-19/h3-8,13,15H,9-12,14H2,1-2H3,(H,24,26). The number of hydrogen-bond acceptors (Lipinski definition) is 5. The maximum atomic E-state index is 12.6. The van der Waals surface area contributed by atoms with Gasteiger partial charge in [-0.05, 0) is 61.4 Å². The van der Waals surface area contributed by atoms with Crippen LogP contribution in [0.15, 0.2) is 41.8 Å². The van der Waals surface area contributed by atoms with Crippen molar-refractivity contribution in [2.45, 2.75) is 33.1 Å². The van der Waals surface area contributed by atoms with E-state index in [-0.39, 0.29) is 5.91 Å². The van der Waals surface area contributed by atoms with Crippen LogP contribution in [0.3, 0.4) is 0 Å². The van der Waals surface area contributed by atoms with Gasteiger partial charge in [0.1, 0.15) is 0 Å². The monoisotopic (exact) mass is 411 g/mol. The number of carbonyl (C=O) groups excluding carboxylic acids is 1. The lowest BCUT2D eigenvalue weighted by Crippen LogP contribution is -2.32. The highest BCUT2D eigenvalue weighted by atomic mass is 32.1. The number of piperidine rings is 1. The molecular formula is C22H25N3OS2. The van der Waals surface area contributed by atoms with E-state index in [0.717, 1.165) is 45.2 Å². The lowest BCUT2D eigenvalue weighted by Gasteiger charge is -2.32. The third kappa shape index (κ3) is 4.45. The predicted octanol–water partition coefficient (Wildman–Crippen LogP) is 5.60. The van der Waals surface area contributed by atoms with Crippen LogP contribution in [0.4, 0.5) is 11.4 Å². The average Bonchev–Trinajstić information content (AvgIpc) is 3.32. The number of hydrogen-bond donors (Lipinski definition) is 1. The Morgan fingerprint density at radius 2 is 1.96 bits per heavy atom. The van der Waals surface area contributed by atoms with Gasteiger partial charge in [-0.3, -0.25) is 4.79 Å². The zero-order chi connectivity index (χ0) is 19.5. The van der Waals surface area contributed by atoms with Crippen LogP contribution >= 0.6 is 22.7 Å². The topological polar surface area (TPSA) is 45.2 Å². The van der Waals surface area contributed by atoms with Crippen molar-refractivity contribution >= 4 is 40.0 Å². The molecule has 2 aromatic heterocycles. The highest BCUT2D eigenvalue weighted by Gasteiger charge is 2.17. The molecule has 0 spiro atoms. The number of thiophene rings is 1. The van der Waals surface area contributed by atoms with Gasteiger partial charge in [0, 0.05) is 29.3 Å². The highest BCUT2D eigenvalue weighted by Crippen LogP contribution is 2.32. The van der Waals surface area contributed by atoms with E-state index >= 15 is 0 Å². The minimum atomic E-state index is 0.000929. The normalized spacial score (nSPS) is 15.0. The first-order chi connectivity index (χ1) is 13.6. The third-order valence-corrected chi connectivity index (χ3v) is 7.03. The van der Waals surface area contributed by atoms with Crippen molar-refractivity contribution in [1.82, 2.24) is 4.98 Å². The van der Waals surface area contributed by atoms with Crippen molar-refractivity contribution in [1.29, 1.82) is 0 Å². The van der Waals surface area contributed by atoms with Gasteiger partial charge in [-0.15, -0.1) is 22.7 Å². The van der Waals surface area contributed by atoms with E-state index in [9.17, 15) is 4.79 Å². The molecule has 3 heterocycles. The fourth-order valence-corrected chi connectivity index (χ4v) is 5.32. The highest BCUT2D eigenvalue weighted by molar-refractivity contribution is 7.15. The molecule has 1 N–H and O–H groups in total. The molecule has 0 bridgehead atoms. The fraction of sp³-hybridized carbons (Fsp3) is 0.364. The molecule has 146 valence electrons. The number of aromatic nitrogens is 1. The fourth-order valence-electron chi connectivity index (χ4n) is 3.57. The Kier molecular flexibility index (Phi) is 5.78. The zero-order valence-corrected chi connectivity index (χ0v) is 17.9. The van der Waals surface area contributed by atoms with Crippen LogP contribution in [0.25, 0.3) is 10.6 Å². The molecule has 4 rings (SSSR count). The van der Waals surface area contributed by atoms with E-state index in [1.165, 1.54) is 18.5 Å². The van der Waals surface area contributed by atoms with Gasteiger partial charge in [0.2, 0.25) is 5.91 Å². The van der Waals surface area contributed by atoms with Crippen molar-refractivity contribution in [3.8, 4) is 10.6 Å². The number of benzene rings is 1. The molecule has 0 radical (unpaired) electrons. The van der Waals surface area contributed by atoms with Crippen molar-refractivity contribution in [2.75, 3.05) is 23.3 Å². The van der Waals surface area contributed by atoms with E-state index in [1.54, 1.807) is 22.7 Å². The average molecular weight is 412 g/mol. The second kappa shape index (κ2) is 8.45. The summed E-state index contributed by atoms with van der Waals surface area (Å²) in [5.74, 6) is 0.824. The lowest BCUT2D eigenvalue weighted by molar-refractivity contribution is -0.115. The molecule has 0 saturated carbocycles. The molecule has 1 amide bonds. The molecule has 0 unspecified atom stereocenters. The van der Waals surface area contributed by atoms with E-state index in [2.05, 4.69) is 40.3 Å². The van der Waals surface area contributed by atoms with Crippen LogP contribution in [-0.2, 0) is 11.2 Å². The van der Waals surface area contributed by atoms with Crippen LogP contribution in [0.2, 0.25) is 0 Å². The third-order valence-electron chi connectivity index (χ3n) is 5.18. The summed E-state index contributed by atoms with van der Waals surface area (Å²) < 4.78 is 0. The van der Waals surface area contributed by atoms with Crippen LogP contribution < -0.4 is 10.2 Å². The van der Waals surface area contributed by atoms with Crippen molar-refractivity contribution in [2.24, 2.45) is 5.92 Å². The van der Waals surface area contributed by atoms with Gasteiger partial charge in [-0.2, -0.15) is 0 Å². The summed E-state index contributed by atoms with van der Waals surface area (Å²) in [6.07, 6.45) is 2.85. The number of nitrogens with zero attached hydrogens (tertiary/aromatic N) is 2. The summed E-state index contributed by atoms with van der Waals surface area (Å²) in [4.78, 5) is 21.8. The van der Waals surface area contributed by atoms with Crippen LogP contribution in [0.1, 0.15) is 29.7 Å². The molecule has 0 aliphatic carbocycles. The Hall–Kier alpha value is -2.18. The molecule has 1 saturated heterocycles. The first kappa shape index (κ1) is 19.2. The smallest absolute Gasteiger partial charge is 0.229 e. The van der Waals surface area contributed by atoms with Crippen LogP contribution in [-0.4, -0.2) is 24.0 Å². The van der Waals surface area contributed by atoms with Gasteiger partial charge in [0.05, 0.1) is 22.0 Å². The minimum Gasteiger partial charge on any atom is -0.372 e. The maximum Gasteiger partial charge on any atom is 0.229 e. The second-order valence-corrected chi connectivity index (χ2v) is 9.66. The van der Waals surface area contributed by atoms with E-state index < -0.39 is 0 Å². The Balaban J connectivity index is 1.39. The lowest BCUT2D eigenvalue weighted by atomic mass is 9.99. The number of rotatable bonds is 5. The Morgan fingerprint density at radius 3 is 2.64 bits per heavy atom. The summed E-state index contributed by atoms with van der Waals surface area (Å²) in [5.41, 5.74) is 3.03. The molecule has 3 aromatic rings. The van der Waals surface area contributed by atoms with E-state index in [1.807, 2.05) is 30.5 Å². The quantitative estimate of drug-likeness (QED) is 0.594. The molecule has 0 atom stereocenters. The molecule has 1 aliphatic heterocycles. The number of carbonyl (C=O) groups is 1. The molecular weight excluding hydrogens is 386 g/mol. The van der Waals surface area contributed by atoms with Gasteiger partial charge < -0.3 is 10.2 Å². The van der Waals surface area contributed by atoms with Crippen LogP contribution in [0.5, 0.6) is 0 Å². The summed E-state index contributed by atoms with van der Waals surface area (Å²) in [7, 11) is 0. The number of anilines is 2. The molecule has 1 aromatic carbocycles. The van der Waals surface area contributed by atoms with E-state index in [0.29, 0.717) is 6.42 Å². The second-order valence-electron chi connectivity index (χ2n) is 7.42. The van der Waals surface area contributed by atoms with Crippen molar-refractivity contribution in [3.63, 3.8) is 0 Å². The molecule has 1 fully saturated rings. The Morgan fingerprint density at radius 1 is 1.21 bits per heavy atom. The van der Waals surface area contributed by atoms with E-state index in [4.69, 9.17) is 0 Å². The summed E-state index contributed by atoms with van der Waals surface area (Å²) >= 11 is 3.26. The number of aryl methyl sites for hydroxylation is 1. The van der Waals surface area contributed by atoms with Gasteiger partial charge in [0.25, 0.3) is 0 Å². The SMILES string of the molecule is Cc1nc(-c2cccs2)c(CC(=O)Nc2ccc(N3CCC(C)CC3)cc2)s1. The number of amides is 1. The van der Waals surface area contributed by atoms with Gasteiger partial charge >= 0.3 is 0 Å². The molecule has 1 aliphatic rings. The predicted molar refractivity (Wildman–Crippen MR) is 120 cm³/mol. The maximum absolute atomic E-state index is 12.6. The van der Waals surface area contributed by atoms with Crippen molar-refractivity contribution in [3.05, 3.63) is 51.7 Å². The first-order valence-electron chi connectivity index (χ1n) is 9.73. The van der Waals surface area contributed by atoms with Crippen LogP contribution in [0, 0.1) is 12.8 Å². The molecule has 4 nitrogen and oxygen atoms in total. The largest absolute Gasteiger partial charge is 0.372 e. The summed E-state index contributed by atoms with van der Waals surface area (Å²) in [5, 5.41) is 6.07.